The van der Waals surface area contributed by atoms with Crippen LogP contribution in [0.25, 0.3) is 0 Å². The number of hydrogen-bond donors (Lipinski definition) is 1. The van der Waals surface area contributed by atoms with Gasteiger partial charge in [0, 0.05) is 10.5 Å². The van der Waals surface area contributed by atoms with Crippen molar-refractivity contribution in [2.75, 3.05) is 5.32 Å². The number of ether oxygens (including phenoxy) is 2. The minimum absolute atomic E-state index is 0.00802. The summed E-state index contributed by atoms with van der Waals surface area (Å²) in [5.41, 5.74) is 1.13. The molecule has 0 spiro atoms. The molecule has 1 aliphatic heterocycles. The lowest BCUT2D eigenvalue weighted by atomic mass is 10.2. The van der Waals surface area contributed by atoms with E-state index >= 15 is 0 Å². The van der Waals surface area contributed by atoms with Gasteiger partial charge in [-0.05, 0) is 52.4 Å². The highest BCUT2D eigenvalue weighted by molar-refractivity contribution is 8.01. The van der Waals surface area contributed by atoms with Crippen molar-refractivity contribution in [1.82, 2.24) is 0 Å². The van der Waals surface area contributed by atoms with Crippen molar-refractivity contribution in [3.8, 4) is 0 Å². The highest BCUT2D eigenvalue weighted by atomic mass is 32.2. The van der Waals surface area contributed by atoms with E-state index in [1.54, 1.807) is 6.07 Å². The maximum absolute atomic E-state index is 11.2. The van der Waals surface area contributed by atoms with Crippen LogP contribution in [0.5, 0.6) is 0 Å². The lowest BCUT2D eigenvalue weighted by Crippen LogP contribution is -2.45. The number of benzene rings is 1. The summed E-state index contributed by atoms with van der Waals surface area (Å²) in [6.07, 6.45) is 0.849. The van der Waals surface area contributed by atoms with Crippen molar-refractivity contribution in [3.05, 3.63) is 23.8 Å². The molecule has 5 heteroatoms. The van der Waals surface area contributed by atoms with Crippen molar-refractivity contribution in [1.29, 1.82) is 0 Å². The maximum atomic E-state index is 11.2. The van der Waals surface area contributed by atoms with Gasteiger partial charge in [-0.1, -0.05) is 12.1 Å². The van der Waals surface area contributed by atoms with E-state index in [0.29, 0.717) is 5.56 Å². The topological polar surface area (TPSA) is 47.6 Å². The second-order valence-electron chi connectivity index (χ2n) is 6.01. The molecule has 0 aliphatic carbocycles. The Bertz CT molecular complexity index is 510. The molecular weight excluding hydrogens is 274 g/mol. The van der Waals surface area contributed by atoms with Gasteiger partial charge in [-0.25, -0.2) is 0 Å². The van der Waals surface area contributed by atoms with Gasteiger partial charge in [-0.3, -0.25) is 4.79 Å². The van der Waals surface area contributed by atoms with Gasteiger partial charge in [0.15, 0.2) is 6.29 Å². The Morgan fingerprint density at radius 3 is 2.60 bits per heavy atom. The molecule has 0 saturated heterocycles. The van der Waals surface area contributed by atoms with Crippen molar-refractivity contribution >= 4 is 23.7 Å². The molecule has 1 aromatic carbocycles. The molecule has 0 amide bonds. The minimum atomic E-state index is -0.992. The summed E-state index contributed by atoms with van der Waals surface area (Å²) in [7, 11) is 0. The number of carbonyl (C=O) groups is 1. The standard InChI is InChI=1S/C15H21NO3S/c1-10(2)18-15(19-14(3,4)5)16-12-8-6-7-11(9-17)13(12)20-15/h6-10,16H,1-5H3/t15-/m0/s1. The van der Waals surface area contributed by atoms with Gasteiger partial charge in [-0.15, -0.1) is 0 Å². The fourth-order valence-corrected chi connectivity index (χ4v) is 3.45. The van der Waals surface area contributed by atoms with Crippen LogP contribution < -0.4 is 5.32 Å². The molecule has 4 nitrogen and oxygen atoms in total. The first-order valence-corrected chi connectivity index (χ1v) is 7.50. The van der Waals surface area contributed by atoms with Crippen LogP contribution in [-0.2, 0) is 9.47 Å². The summed E-state index contributed by atoms with van der Waals surface area (Å²) >= 11 is 1.40. The van der Waals surface area contributed by atoms with E-state index in [0.717, 1.165) is 16.9 Å². The number of anilines is 1. The van der Waals surface area contributed by atoms with E-state index in [-0.39, 0.29) is 11.7 Å². The van der Waals surface area contributed by atoms with Crippen LogP contribution in [0.2, 0.25) is 0 Å². The zero-order chi connectivity index (χ0) is 15.0. The highest BCUT2D eigenvalue weighted by Gasteiger charge is 2.45. The van der Waals surface area contributed by atoms with Gasteiger partial charge >= 0.3 is 5.24 Å². The minimum Gasteiger partial charge on any atom is -0.324 e. The fourth-order valence-electron chi connectivity index (χ4n) is 2.02. The summed E-state index contributed by atoms with van der Waals surface area (Å²) < 4.78 is 12.1. The second kappa shape index (κ2) is 5.39. The van der Waals surface area contributed by atoms with Gasteiger partial charge in [0.1, 0.15) is 0 Å². The molecular formula is C15H21NO3S. The molecule has 2 rings (SSSR count). The molecule has 0 aromatic heterocycles. The summed E-state index contributed by atoms with van der Waals surface area (Å²) in [5, 5.41) is 2.28. The number of carbonyl (C=O) groups excluding carboxylic acids is 1. The van der Waals surface area contributed by atoms with Crippen molar-refractivity contribution < 1.29 is 14.3 Å². The van der Waals surface area contributed by atoms with E-state index in [4.69, 9.17) is 9.47 Å². The normalized spacial score (nSPS) is 21.7. The van der Waals surface area contributed by atoms with E-state index in [1.807, 2.05) is 46.8 Å². The third-order valence-electron chi connectivity index (χ3n) is 2.53. The molecule has 0 bridgehead atoms. The average molecular weight is 295 g/mol. The Hall–Kier alpha value is -1.04. The maximum Gasteiger partial charge on any atom is 0.308 e. The molecule has 1 aliphatic rings. The predicted octanol–water partition coefficient (Wildman–Crippen LogP) is 3.87. The monoisotopic (exact) mass is 295 g/mol. The van der Waals surface area contributed by atoms with Crippen molar-refractivity contribution in [2.24, 2.45) is 0 Å². The molecule has 0 unspecified atom stereocenters. The third kappa shape index (κ3) is 3.34. The molecule has 20 heavy (non-hydrogen) atoms. The summed E-state index contributed by atoms with van der Waals surface area (Å²) in [6, 6.07) is 5.56. The van der Waals surface area contributed by atoms with Crippen LogP contribution in [0.15, 0.2) is 23.1 Å². The van der Waals surface area contributed by atoms with Crippen LogP contribution in [-0.4, -0.2) is 23.2 Å². The number of hydrogen-bond acceptors (Lipinski definition) is 5. The Labute approximate surface area is 124 Å². The smallest absolute Gasteiger partial charge is 0.308 e. The van der Waals surface area contributed by atoms with Crippen LogP contribution in [0.3, 0.4) is 0 Å². The van der Waals surface area contributed by atoms with Gasteiger partial charge in [-0.2, -0.15) is 0 Å². The second-order valence-corrected chi connectivity index (χ2v) is 7.16. The van der Waals surface area contributed by atoms with E-state index < -0.39 is 5.24 Å². The van der Waals surface area contributed by atoms with E-state index in [2.05, 4.69) is 5.32 Å². The van der Waals surface area contributed by atoms with E-state index in [9.17, 15) is 4.79 Å². The largest absolute Gasteiger partial charge is 0.324 e. The van der Waals surface area contributed by atoms with Crippen LogP contribution in [0, 0.1) is 0 Å². The zero-order valence-corrected chi connectivity index (χ0v) is 13.3. The van der Waals surface area contributed by atoms with Gasteiger partial charge in [0.25, 0.3) is 0 Å². The number of rotatable bonds is 4. The Balaban J connectivity index is 2.35. The van der Waals surface area contributed by atoms with Crippen molar-refractivity contribution in [2.45, 2.75) is 56.5 Å². The van der Waals surface area contributed by atoms with Crippen molar-refractivity contribution in [3.63, 3.8) is 0 Å². The molecule has 1 heterocycles. The zero-order valence-electron chi connectivity index (χ0n) is 12.5. The summed E-state index contributed by atoms with van der Waals surface area (Å²) in [5.74, 6) is 0. The molecule has 0 fully saturated rings. The fraction of sp³-hybridized carbons (Fsp3) is 0.533. The lowest BCUT2D eigenvalue weighted by molar-refractivity contribution is -0.217. The number of nitrogens with one attached hydrogen (secondary N) is 1. The lowest BCUT2D eigenvalue weighted by Gasteiger charge is -2.36. The van der Waals surface area contributed by atoms with Gasteiger partial charge < -0.3 is 14.8 Å². The third-order valence-corrected chi connectivity index (χ3v) is 3.74. The first-order chi connectivity index (χ1) is 9.25. The highest BCUT2D eigenvalue weighted by Crippen LogP contribution is 2.49. The Kier molecular flexibility index (Phi) is 4.14. The van der Waals surface area contributed by atoms with Crippen LogP contribution >= 0.6 is 11.8 Å². The first-order valence-electron chi connectivity index (χ1n) is 6.68. The van der Waals surface area contributed by atoms with E-state index in [1.165, 1.54) is 11.8 Å². The SMILES string of the molecule is CC(C)O[C@]1(OC(C)(C)C)Nc2cccc(C=O)c2S1. The average Bonchev–Trinajstić information content (AvgIpc) is 2.61. The summed E-state index contributed by atoms with van der Waals surface area (Å²) in [6.45, 7) is 9.85. The van der Waals surface area contributed by atoms with Crippen LogP contribution in [0.4, 0.5) is 5.69 Å². The molecule has 1 aromatic rings. The molecule has 110 valence electrons. The molecule has 1 atom stereocenters. The number of fused-ring (bicyclic) bond motifs is 1. The Morgan fingerprint density at radius 2 is 2.05 bits per heavy atom. The molecule has 0 radical (unpaired) electrons. The van der Waals surface area contributed by atoms with Gasteiger partial charge in [0.2, 0.25) is 0 Å². The number of aldehydes is 1. The molecule has 0 saturated carbocycles. The van der Waals surface area contributed by atoms with Gasteiger partial charge in [0.05, 0.1) is 17.4 Å². The predicted molar refractivity (Wildman–Crippen MR) is 81.1 cm³/mol. The Morgan fingerprint density at radius 1 is 1.35 bits per heavy atom. The first kappa shape index (κ1) is 15.4. The number of thioether (sulfide) groups is 1. The molecule has 1 N–H and O–H groups in total. The quantitative estimate of drug-likeness (QED) is 0.675. The summed E-state index contributed by atoms with van der Waals surface area (Å²) in [4.78, 5) is 12.0. The van der Waals surface area contributed by atoms with Crippen LogP contribution in [0.1, 0.15) is 45.0 Å².